The molecule has 0 atom stereocenters. The molecule has 0 unspecified atom stereocenters. The molecule has 2 heterocycles. The number of fused-ring (bicyclic) bond motifs is 1. The summed E-state index contributed by atoms with van der Waals surface area (Å²) in [6.45, 7) is 1.76. The summed E-state index contributed by atoms with van der Waals surface area (Å²) in [4.78, 5) is 32.7. The molecule has 0 aliphatic carbocycles. The van der Waals surface area contributed by atoms with Gasteiger partial charge in [0.2, 0.25) is 0 Å². The monoisotopic (exact) mass is 235 g/mol. The van der Waals surface area contributed by atoms with E-state index in [1.807, 2.05) is 0 Å². The molecule has 0 fully saturated rings. The number of carbonyl (C=O) groups is 1. The Bertz CT molecular complexity index is 635. The molecule has 2 rings (SSSR count). The van der Waals surface area contributed by atoms with Gasteiger partial charge in [-0.2, -0.15) is 0 Å². The number of nitrogens with zero attached hydrogens (tertiary/aromatic N) is 2. The topological polar surface area (TPSA) is 105 Å². The third kappa shape index (κ3) is 1.82. The first kappa shape index (κ1) is 11.1. The van der Waals surface area contributed by atoms with Gasteiger partial charge in [-0.15, -0.1) is 0 Å². The molecule has 0 saturated carbocycles. The van der Waals surface area contributed by atoms with E-state index in [9.17, 15) is 14.7 Å². The summed E-state index contributed by atoms with van der Waals surface area (Å²) < 4.78 is 4.70. The maximum atomic E-state index is 11.6. The molecule has 0 aliphatic heterocycles. The highest BCUT2D eigenvalue weighted by atomic mass is 16.5. The number of aromatic nitrogens is 3. The SMILES string of the molecule is CCOC(=O)c1[nH]c(=O)c2cncnc2c1O. The lowest BCUT2D eigenvalue weighted by molar-refractivity contribution is 0.0516. The lowest BCUT2D eigenvalue weighted by Crippen LogP contribution is -2.16. The molecule has 0 spiro atoms. The van der Waals surface area contributed by atoms with Crippen LogP contribution in [0, 0.1) is 0 Å². The Morgan fingerprint density at radius 3 is 3.06 bits per heavy atom. The van der Waals surface area contributed by atoms with Crippen LogP contribution in [0.15, 0.2) is 17.3 Å². The van der Waals surface area contributed by atoms with E-state index in [2.05, 4.69) is 15.0 Å². The van der Waals surface area contributed by atoms with Gasteiger partial charge in [0.05, 0.1) is 12.0 Å². The number of H-pyrrole nitrogens is 1. The molecule has 2 aromatic rings. The van der Waals surface area contributed by atoms with Crippen molar-refractivity contribution in [1.29, 1.82) is 0 Å². The van der Waals surface area contributed by atoms with E-state index in [1.54, 1.807) is 6.92 Å². The quantitative estimate of drug-likeness (QED) is 0.720. The third-order valence-corrected chi connectivity index (χ3v) is 2.14. The Morgan fingerprint density at radius 1 is 1.59 bits per heavy atom. The highest BCUT2D eigenvalue weighted by molar-refractivity contribution is 5.96. The van der Waals surface area contributed by atoms with Gasteiger partial charge in [0.15, 0.2) is 11.4 Å². The summed E-state index contributed by atoms with van der Waals surface area (Å²) in [5.74, 6) is -1.22. The van der Waals surface area contributed by atoms with Crippen LogP contribution < -0.4 is 5.56 Å². The van der Waals surface area contributed by atoms with Crippen LogP contribution in [0.2, 0.25) is 0 Å². The van der Waals surface area contributed by atoms with Crippen LogP contribution in [0.5, 0.6) is 5.75 Å². The van der Waals surface area contributed by atoms with Gasteiger partial charge >= 0.3 is 5.97 Å². The zero-order valence-electron chi connectivity index (χ0n) is 8.93. The van der Waals surface area contributed by atoms with Crippen LogP contribution in [0.1, 0.15) is 17.4 Å². The van der Waals surface area contributed by atoms with Crippen molar-refractivity contribution in [3.05, 3.63) is 28.6 Å². The lowest BCUT2D eigenvalue weighted by atomic mass is 10.2. The van der Waals surface area contributed by atoms with Crippen LogP contribution in [0.4, 0.5) is 0 Å². The summed E-state index contributed by atoms with van der Waals surface area (Å²) in [5.41, 5.74) is -0.837. The smallest absolute Gasteiger partial charge is 0.358 e. The van der Waals surface area contributed by atoms with Crippen LogP contribution in [-0.4, -0.2) is 32.6 Å². The number of hydrogen-bond donors (Lipinski definition) is 2. The second-order valence-electron chi connectivity index (χ2n) is 3.18. The average Bonchev–Trinajstić information content (AvgIpc) is 2.34. The van der Waals surface area contributed by atoms with E-state index in [0.717, 1.165) is 0 Å². The molecule has 17 heavy (non-hydrogen) atoms. The molecule has 0 radical (unpaired) electrons. The van der Waals surface area contributed by atoms with Crippen LogP contribution in [-0.2, 0) is 4.74 Å². The highest BCUT2D eigenvalue weighted by Crippen LogP contribution is 2.22. The molecule has 0 amide bonds. The van der Waals surface area contributed by atoms with Crippen molar-refractivity contribution in [3.8, 4) is 5.75 Å². The lowest BCUT2D eigenvalue weighted by Gasteiger charge is -2.05. The van der Waals surface area contributed by atoms with Crippen molar-refractivity contribution in [2.24, 2.45) is 0 Å². The second-order valence-corrected chi connectivity index (χ2v) is 3.18. The van der Waals surface area contributed by atoms with Gasteiger partial charge < -0.3 is 14.8 Å². The number of esters is 1. The summed E-state index contributed by atoms with van der Waals surface area (Å²) in [6.07, 6.45) is 2.44. The van der Waals surface area contributed by atoms with E-state index in [0.29, 0.717) is 0 Å². The van der Waals surface area contributed by atoms with Crippen molar-refractivity contribution in [1.82, 2.24) is 15.0 Å². The molecule has 0 saturated heterocycles. The summed E-state index contributed by atoms with van der Waals surface area (Å²) in [6, 6.07) is 0. The van der Waals surface area contributed by atoms with Gasteiger partial charge in [-0.25, -0.2) is 14.8 Å². The fraction of sp³-hybridized carbons (Fsp3) is 0.200. The van der Waals surface area contributed by atoms with Crippen molar-refractivity contribution >= 4 is 16.9 Å². The van der Waals surface area contributed by atoms with Crippen molar-refractivity contribution in [2.45, 2.75) is 6.92 Å². The van der Waals surface area contributed by atoms with Gasteiger partial charge in [0.25, 0.3) is 5.56 Å². The van der Waals surface area contributed by atoms with E-state index in [-0.39, 0.29) is 23.2 Å². The number of pyridine rings is 1. The summed E-state index contributed by atoms with van der Waals surface area (Å²) in [7, 11) is 0. The molecule has 0 aliphatic rings. The molecule has 2 aromatic heterocycles. The number of nitrogens with one attached hydrogen (secondary N) is 1. The predicted octanol–water partition coefficient (Wildman–Crippen LogP) is 0.200. The van der Waals surface area contributed by atoms with Gasteiger partial charge in [-0.3, -0.25) is 4.79 Å². The fourth-order valence-corrected chi connectivity index (χ4v) is 1.39. The minimum Gasteiger partial charge on any atom is -0.504 e. The van der Waals surface area contributed by atoms with Gasteiger partial charge in [-0.05, 0) is 6.92 Å². The predicted molar refractivity (Wildman–Crippen MR) is 57.8 cm³/mol. The average molecular weight is 235 g/mol. The Kier molecular flexibility index (Phi) is 2.73. The Morgan fingerprint density at radius 2 is 2.35 bits per heavy atom. The van der Waals surface area contributed by atoms with Crippen molar-refractivity contribution in [3.63, 3.8) is 0 Å². The maximum Gasteiger partial charge on any atom is 0.358 e. The summed E-state index contributed by atoms with van der Waals surface area (Å²) in [5, 5.41) is 9.92. The van der Waals surface area contributed by atoms with E-state index in [4.69, 9.17) is 4.74 Å². The molecule has 88 valence electrons. The molecule has 7 nitrogen and oxygen atoms in total. The molecule has 7 heteroatoms. The molecule has 0 bridgehead atoms. The van der Waals surface area contributed by atoms with E-state index < -0.39 is 17.3 Å². The minimum atomic E-state index is -0.803. The standard InChI is InChI=1S/C10H9N3O4/c1-2-17-10(16)7-8(14)6-5(9(15)13-7)3-11-4-12-6/h3-4,14H,2H2,1H3,(H,13,15). The maximum absolute atomic E-state index is 11.6. The first-order chi connectivity index (χ1) is 8.15. The summed E-state index contributed by atoms with van der Waals surface area (Å²) >= 11 is 0. The highest BCUT2D eigenvalue weighted by Gasteiger charge is 2.18. The molecular weight excluding hydrogens is 226 g/mol. The normalized spacial score (nSPS) is 10.4. The van der Waals surface area contributed by atoms with Crippen LogP contribution >= 0.6 is 0 Å². The number of hydrogen-bond acceptors (Lipinski definition) is 6. The zero-order valence-corrected chi connectivity index (χ0v) is 8.93. The van der Waals surface area contributed by atoms with Gasteiger partial charge in [0, 0.05) is 6.20 Å². The van der Waals surface area contributed by atoms with Gasteiger partial charge in [-0.1, -0.05) is 0 Å². The number of ether oxygens (including phenoxy) is 1. The first-order valence-electron chi connectivity index (χ1n) is 4.87. The molecule has 0 aromatic carbocycles. The first-order valence-corrected chi connectivity index (χ1v) is 4.87. The molecular formula is C10H9N3O4. The van der Waals surface area contributed by atoms with Crippen molar-refractivity contribution < 1.29 is 14.6 Å². The van der Waals surface area contributed by atoms with Crippen LogP contribution in [0.3, 0.4) is 0 Å². The Hall–Kier alpha value is -2.44. The van der Waals surface area contributed by atoms with Crippen LogP contribution in [0.25, 0.3) is 10.9 Å². The third-order valence-electron chi connectivity index (χ3n) is 2.14. The number of aromatic hydroxyl groups is 1. The van der Waals surface area contributed by atoms with E-state index in [1.165, 1.54) is 12.5 Å². The number of aromatic amines is 1. The largest absolute Gasteiger partial charge is 0.504 e. The second kappa shape index (κ2) is 4.20. The van der Waals surface area contributed by atoms with Gasteiger partial charge in [0.1, 0.15) is 11.8 Å². The number of carbonyl (C=O) groups excluding carboxylic acids is 1. The fourth-order valence-electron chi connectivity index (χ4n) is 1.39. The Labute approximate surface area is 95.1 Å². The molecule has 2 N–H and O–H groups in total. The van der Waals surface area contributed by atoms with Crippen molar-refractivity contribution in [2.75, 3.05) is 6.61 Å². The number of rotatable bonds is 2. The minimum absolute atomic E-state index is 0.0202. The van der Waals surface area contributed by atoms with E-state index >= 15 is 0 Å². The zero-order chi connectivity index (χ0) is 12.4. The Balaban J connectivity index is 2.71.